The predicted molar refractivity (Wildman–Crippen MR) is 78.0 cm³/mol. The van der Waals surface area contributed by atoms with Gasteiger partial charge in [0.05, 0.1) is 13.2 Å². The Morgan fingerprint density at radius 1 is 1.20 bits per heavy atom. The molecule has 1 atom stereocenters. The molecule has 0 fully saturated rings. The molecule has 0 aliphatic rings. The van der Waals surface area contributed by atoms with Crippen molar-refractivity contribution >= 4 is 11.6 Å². The van der Waals surface area contributed by atoms with Crippen LogP contribution in [0.1, 0.15) is 28.9 Å². The fourth-order valence-electron chi connectivity index (χ4n) is 1.82. The Kier molecular flexibility index (Phi) is 4.38. The van der Waals surface area contributed by atoms with Gasteiger partial charge >= 0.3 is 0 Å². The Morgan fingerprint density at radius 3 is 2.50 bits per heavy atom. The summed E-state index contributed by atoms with van der Waals surface area (Å²) in [5, 5.41) is 12.3. The van der Waals surface area contributed by atoms with E-state index in [1.54, 1.807) is 56.5 Å². The molecule has 4 heteroatoms. The lowest BCUT2D eigenvalue weighted by atomic mass is 10.1. The van der Waals surface area contributed by atoms with Crippen molar-refractivity contribution in [2.45, 2.75) is 13.0 Å². The van der Waals surface area contributed by atoms with Crippen LogP contribution in [0.15, 0.2) is 48.5 Å². The number of carbonyl (C=O) groups is 1. The molecule has 2 rings (SSSR count). The quantitative estimate of drug-likeness (QED) is 0.898. The maximum atomic E-state index is 12.1. The molecule has 0 spiro atoms. The minimum absolute atomic E-state index is 0.199. The van der Waals surface area contributed by atoms with Crippen LogP contribution in [0.3, 0.4) is 0 Å². The number of hydrogen-bond donors (Lipinski definition) is 2. The molecular weight excluding hydrogens is 254 g/mol. The number of carbonyl (C=O) groups excluding carboxylic acids is 1. The van der Waals surface area contributed by atoms with Gasteiger partial charge in [0, 0.05) is 11.3 Å². The molecule has 0 saturated carbocycles. The molecular formula is C16H17NO3. The van der Waals surface area contributed by atoms with Crippen molar-refractivity contribution in [2.75, 3.05) is 12.4 Å². The van der Waals surface area contributed by atoms with Gasteiger partial charge in [-0.3, -0.25) is 4.79 Å². The van der Waals surface area contributed by atoms with Crippen LogP contribution in [0, 0.1) is 0 Å². The van der Waals surface area contributed by atoms with Crippen LogP contribution < -0.4 is 10.1 Å². The zero-order valence-corrected chi connectivity index (χ0v) is 11.5. The smallest absolute Gasteiger partial charge is 0.255 e. The number of nitrogens with one attached hydrogen (secondary N) is 1. The molecule has 0 heterocycles. The maximum absolute atomic E-state index is 12.1. The number of methoxy groups -OCH3 is 1. The van der Waals surface area contributed by atoms with E-state index in [1.165, 1.54) is 0 Å². The number of anilines is 1. The second kappa shape index (κ2) is 6.21. The van der Waals surface area contributed by atoms with E-state index in [2.05, 4.69) is 5.32 Å². The molecule has 0 aromatic heterocycles. The van der Waals surface area contributed by atoms with E-state index in [9.17, 15) is 9.90 Å². The molecule has 20 heavy (non-hydrogen) atoms. The van der Waals surface area contributed by atoms with Crippen molar-refractivity contribution in [2.24, 2.45) is 0 Å². The van der Waals surface area contributed by atoms with Crippen LogP contribution in [0.4, 0.5) is 5.69 Å². The number of amides is 1. The van der Waals surface area contributed by atoms with Crippen molar-refractivity contribution in [3.05, 3.63) is 59.7 Å². The van der Waals surface area contributed by atoms with Crippen molar-refractivity contribution < 1.29 is 14.6 Å². The molecule has 0 bridgehead atoms. The monoisotopic (exact) mass is 271 g/mol. The number of benzene rings is 2. The second-order valence-corrected chi connectivity index (χ2v) is 4.48. The summed E-state index contributed by atoms with van der Waals surface area (Å²) in [4.78, 5) is 12.1. The van der Waals surface area contributed by atoms with Gasteiger partial charge in [-0.2, -0.15) is 0 Å². The Bertz CT molecular complexity index is 591. The van der Waals surface area contributed by atoms with Crippen molar-refractivity contribution in [3.8, 4) is 5.75 Å². The summed E-state index contributed by atoms with van der Waals surface area (Å²) in [6, 6.07) is 14.0. The number of hydrogen-bond acceptors (Lipinski definition) is 3. The lowest BCUT2D eigenvalue weighted by Crippen LogP contribution is -2.12. The summed E-state index contributed by atoms with van der Waals surface area (Å²) < 4.78 is 5.05. The Hall–Kier alpha value is -2.33. The summed E-state index contributed by atoms with van der Waals surface area (Å²) in [5.41, 5.74) is 1.97. The topological polar surface area (TPSA) is 58.6 Å². The third kappa shape index (κ3) is 3.36. The first kappa shape index (κ1) is 14.1. The summed E-state index contributed by atoms with van der Waals surface area (Å²) in [6.45, 7) is 1.68. The summed E-state index contributed by atoms with van der Waals surface area (Å²) >= 11 is 0. The van der Waals surface area contributed by atoms with Crippen LogP contribution in [-0.2, 0) is 0 Å². The minimum Gasteiger partial charge on any atom is -0.497 e. The molecule has 0 aliphatic carbocycles. The van der Waals surface area contributed by atoms with E-state index in [0.29, 0.717) is 17.0 Å². The third-order valence-electron chi connectivity index (χ3n) is 2.98. The first-order valence-electron chi connectivity index (χ1n) is 6.33. The van der Waals surface area contributed by atoms with E-state index >= 15 is 0 Å². The van der Waals surface area contributed by atoms with E-state index in [4.69, 9.17) is 4.74 Å². The van der Waals surface area contributed by atoms with Crippen LogP contribution in [-0.4, -0.2) is 18.1 Å². The average molecular weight is 271 g/mol. The Morgan fingerprint density at radius 2 is 1.90 bits per heavy atom. The number of rotatable bonds is 4. The molecule has 0 unspecified atom stereocenters. The van der Waals surface area contributed by atoms with Crippen molar-refractivity contribution in [1.29, 1.82) is 0 Å². The van der Waals surface area contributed by atoms with Gasteiger partial charge in [0.1, 0.15) is 5.75 Å². The second-order valence-electron chi connectivity index (χ2n) is 4.48. The zero-order chi connectivity index (χ0) is 14.5. The molecule has 0 saturated heterocycles. The number of aliphatic hydroxyl groups excluding tert-OH is 1. The largest absolute Gasteiger partial charge is 0.497 e. The standard InChI is InChI=1S/C16H17NO3/c1-11(18)13-4-3-5-14(10-13)17-16(19)12-6-8-15(20-2)9-7-12/h3-11,18H,1-2H3,(H,17,19)/t11-/m0/s1. The van der Waals surface area contributed by atoms with Gasteiger partial charge in [-0.15, -0.1) is 0 Å². The molecule has 104 valence electrons. The fourth-order valence-corrected chi connectivity index (χ4v) is 1.82. The fraction of sp³-hybridized carbons (Fsp3) is 0.188. The Labute approximate surface area is 118 Å². The molecule has 0 radical (unpaired) electrons. The van der Waals surface area contributed by atoms with Gasteiger partial charge in [-0.05, 0) is 48.9 Å². The van der Waals surface area contributed by atoms with E-state index in [1.807, 2.05) is 6.07 Å². The lowest BCUT2D eigenvalue weighted by Gasteiger charge is -2.09. The van der Waals surface area contributed by atoms with Crippen LogP contribution >= 0.6 is 0 Å². The molecule has 0 aliphatic heterocycles. The summed E-state index contributed by atoms with van der Waals surface area (Å²) in [7, 11) is 1.58. The molecule has 2 aromatic carbocycles. The lowest BCUT2D eigenvalue weighted by molar-refractivity contribution is 0.102. The highest BCUT2D eigenvalue weighted by molar-refractivity contribution is 6.04. The third-order valence-corrected chi connectivity index (χ3v) is 2.98. The molecule has 2 aromatic rings. The van der Waals surface area contributed by atoms with E-state index in [-0.39, 0.29) is 5.91 Å². The van der Waals surface area contributed by atoms with Gasteiger partial charge in [-0.1, -0.05) is 12.1 Å². The number of aliphatic hydroxyl groups is 1. The van der Waals surface area contributed by atoms with E-state index in [0.717, 1.165) is 5.56 Å². The highest BCUT2D eigenvalue weighted by Crippen LogP contribution is 2.18. The molecule has 1 amide bonds. The summed E-state index contributed by atoms with van der Waals surface area (Å²) in [6.07, 6.45) is -0.562. The van der Waals surface area contributed by atoms with Crippen LogP contribution in [0.25, 0.3) is 0 Å². The van der Waals surface area contributed by atoms with Crippen molar-refractivity contribution in [3.63, 3.8) is 0 Å². The van der Waals surface area contributed by atoms with Gasteiger partial charge in [0.2, 0.25) is 0 Å². The van der Waals surface area contributed by atoms with Crippen LogP contribution in [0.2, 0.25) is 0 Å². The Balaban J connectivity index is 2.12. The first-order chi connectivity index (χ1) is 9.60. The van der Waals surface area contributed by atoms with Crippen LogP contribution in [0.5, 0.6) is 5.75 Å². The predicted octanol–water partition coefficient (Wildman–Crippen LogP) is 3.00. The normalized spacial score (nSPS) is 11.8. The zero-order valence-electron chi connectivity index (χ0n) is 11.5. The molecule has 2 N–H and O–H groups in total. The minimum atomic E-state index is -0.562. The highest BCUT2D eigenvalue weighted by Gasteiger charge is 2.07. The number of ether oxygens (including phenoxy) is 1. The van der Waals surface area contributed by atoms with Gasteiger partial charge in [0.15, 0.2) is 0 Å². The SMILES string of the molecule is COc1ccc(C(=O)Nc2cccc([C@H](C)O)c2)cc1. The van der Waals surface area contributed by atoms with E-state index < -0.39 is 6.10 Å². The molecule has 4 nitrogen and oxygen atoms in total. The van der Waals surface area contributed by atoms with Gasteiger partial charge in [-0.25, -0.2) is 0 Å². The maximum Gasteiger partial charge on any atom is 0.255 e. The highest BCUT2D eigenvalue weighted by atomic mass is 16.5. The summed E-state index contributed by atoms with van der Waals surface area (Å²) in [5.74, 6) is 0.507. The van der Waals surface area contributed by atoms with Crippen molar-refractivity contribution in [1.82, 2.24) is 0 Å². The first-order valence-corrected chi connectivity index (χ1v) is 6.33. The average Bonchev–Trinajstić information content (AvgIpc) is 2.47. The van der Waals surface area contributed by atoms with Gasteiger partial charge in [0.25, 0.3) is 5.91 Å². The van der Waals surface area contributed by atoms with Gasteiger partial charge < -0.3 is 15.2 Å².